The molecule has 3 rings (SSSR count). The molecule has 0 amide bonds. The minimum atomic E-state index is -0.940. The quantitative estimate of drug-likeness (QED) is 0.442. The Balaban J connectivity index is 1.91. The molecule has 10 heteroatoms. The SMILES string of the molecule is CCc1cccc(OC[C@H](O)Cn2c(NCCO)nc3c2c(=O)n(C)c(=O)n3C)c1. The molecule has 10 nitrogen and oxygen atoms in total. The summed E-state index contributed by atoms with van der Waals surface area (Å²) in [6.07, 6.45) is -0.0628. The molecule has 162 valence electrons. The number of aliphatic hydroxyl groups excluding tert-OH is 2. The molecule has 0 saturated heterocycles. The van der Waals surface area contributed by atoms with Crippen molar-refractivity contribution >= 4 is 17.1 Å². The summed E-state index contributed by atoms with van der Waals surface area (Å²) >= 11 is 0. The van der Waals surface area contributed by atoms with Crippen molar-refractivity contribution < 1.29 is 14.9 Å². The van der Waals surface area contributed by atoms with Gasteiger partial charge in [0.1, 0.15) is 18.5 Å². The van der Waals surface area contributed by atoms with Crippen LogP contribution in [0, 0.1) is 0 Å². The van der Waals surface area contributed by atoms with Crippen LogP contribution in [0.1, 0.15) is 12.5 Å². The summed E-state index contributed by atoms with van der Waals surface area (Å²) in [7, 11) is 2.92. The number of nitrogens with one attached hydrogen (secondary N) is 1. The number of benzene rings is 1. The molecule has 0 radical (unpaired) electrons. The van der Waals surface area contributed by atoms with Crippen LogP contribution in [-0.4, -0.2) is 54.8 Å². The molecule has 0 aliphatic rings. The Morgan fingerprint density at radius 1 is 1.23 bits per heavy atom. The highest BCUT2D eigenvalue weighted by molar-refractivity contribution is 5.74. The van der Waals surface area contributed by atoms with Crippen LogP contribution in [-0.2, 0) is 27.1 Å². The Morgan fingerprint density at radius 2 is 2.00 bits per heavy atom. The lowest BCUT2D eigenvalue weighted by Crippen LogP contribution is -2.38. The summed E-state index contributed by atoms with van der Waals surface area (Å²) in [5.41, 5.74) is 0.508. The first-order valence-electron chi connectivity index (χ1n) is 9.78. The third-order valence-electron chi connectivity index (χ3n) is 4.89. The van der Waals surface area contributed by atoms with Gasteiger partial charge < -0.3 is 24.8 Å². The summed E-state index contributed by atoms with van der Waals surface area (Å²) in [6, 6.07) is 7.63. The molecule has 0 unspecified atom stereocenters. The molecular weight excluding hydrogens is 390 g/mol. The molecule has 2 heterocycles. The summed E-state index contributed by atoms with van der Waals surface area (Å²) in [5, 5.41) is 22.6. The third kappa shape index (κ3) is 4.24. The zero-order chi connectivity index (χ0) is 21.8. The van der Waals surface area contributed by atoms with Crippen molar-refractivity contribution in [3.8, 4) is 5.75 Å². The summed E-state index contributed by atoms with van der Waals surface area (Å²) in [4.78, 5) is 29.3. The van der Waals surface area contributed by atoms with E-state index in [0.717, 1.165) is 16.6 Å². The molecule has 0 saturated carbocycles. The van der Waals surface area contributed by atoms with Crippen LogP contribution in [0.25, 0.3) is 11.2 Å². The standard InChI is InChI=1S/C20H27N5O5/c1-4-13-6-5-7-15(10-13)30-12-14(27)11-25-16-17(22-19(25)21-8-9-26)23(2)20(29)24(3)18(16)28/h5-7,10,14,26-27H,4,8-9,11-12H2,1-3H3,(H,21,22)/t14-/m1/s1. The predicted molar refractivity (Wildman–Crippen MR) is 113 cm³/mol. The van der Waals surface area contributed by atoms with Crippen LogP contribution in [0.5, 0.6) is 5.75 Å². The number of imidazole rings is 1. The maximum absolute atomic E-state index is 12.7. The van der Waals surface area contributed by atoms with Crippen molar-refractivity contribution in [3.05, 3.63) is 50.7 Å². The van der Waals surface area contributed by atoms with E-state index in [4.69, 9.17) is 9.84 Å². The summed E-state index contributed by atoms with van der Waals surface area (Å²) in [6.45, 7) is 2.14. The lowest BCUT2D eigenvalue weighted by molar-refractivity contribution is 0.0937. The number of hydrogen-bond donors (Lipinski definition) is 3. The molecule has 0 bridgehead atoms. The number of nitrogens with zero attached hydrogens (tertiary/aromatic N) is 4. The van der Waals surface area contributed by atoms with Gasteiger partial charge in [-0.2, -0.15) is 4.98 Å². The average molecular weight is 417 g/mol. The van der Waals surface area contributed by atoms with Gasteiger partial charge in [0.15, 0.2) is 11.2 Å². The van der Waals surface area contributed by atoms with Gasteiger partial charge in [-0.1, -0.05) is 19.1 Å². The lowest BCUT2D eigenvalue weighted by Gasteiger charge is -2.16. The fourth-order valence-corrected chi connectivity index (χ4v) is 3.24. The molecule has 0 aliphatic carbocycles. The zero-order valence-corrected chi connectivity index (χ0v) is 17.3. The molecule has 0 aliphatic heterocycles. The molecule has 0 spiro atoms. The highest BCUT2D eigenvalue weighted by Gasteiger charge is 2.21. The number of aliphatic hydroxyl groups is 2. The fourth-order valence-electron chi connectivity index (χ4n) is 3.24. The van der Waals surface area contributed by atoms with Gasteiger partial charge in [-0.05, 0) is 24.1 Å². The number of hydrogen-bond acceptors (Lipinski definition) is 7. The largest absolute Gasteiger partial charge is 0.491 e. The van der Waals surface area contributed by atoms with Gasteiger partial charge >= 0.3 is 5.69 Å². The van der Waals surface area contributed by atoms with Crippen LogP contribution in [0.15, 0.2) is 33.9 Å². The van der Waals surface area contributed by atoms with Gasteiger partial charge in [0.25, 0.3) is 5.56 Å². The first-order chi connectivity index (χ1) is 14.4. The van der Waals surface area contributed by atoms with E-state index >= 15 is 0 Å². The van der Waals surface area contributed by atoms with Gasteiger partial charge in [-0.25, -0.2) is 4.79 Å². The summed E-state index contributed by atoms with van der Waals surface area (Å²) < 4.78 is 9.49. The van der Waals surface area contributed by atoms with E-state index in [1.54, 1.807) is 0 Å². The molecule has 30 heavy (non-hydrogen) atoms. The second kappa shape index (κ2) is 9.14. The molecule has 3 N–H and O–H groups in total. The minimum Gasteiger partial charge on any atom is -0.491 e. The zero-order valence-electron chi connectivity index (χ0n) is 17.3. The average Bonchev–Trinajstić information content (AvgIpc) is 3.11. The van der Waals surface area contributed by atoms with Crippen molar-refractivity contribution in [2.45, 2.75) is 26.0 Å². The van der Waals surface area contributed by atoms with Crippen LogP contribution in [0.3, 0.4) is 0 Å². The van der Waals surface area contributed by atoms with Gasteiger partial charge in [0.2, 0.25) is 5.95 Å². The smallest absolute Gasteiger partial charge is 0.332 e. The minimum absolute atomic E-state index is 0.0123. The van der Waals surface area contributed by atoms with Crippen molar-refractivity contribution in [1.82, 2.24) is 18.7 Å². The monoisotopic (exact) mass is 417 g/mol. The van der Waals surface area contributed by atoms with Gasteiger partial charge in [-0.3, -0.25) is 13.9 Å². The fraction of sp³-hybridized carbons (Fsp3) is 0.450. The lowest BCUT2D eigenvalue weighted by atomic mass is 10.2. The van der Waals surface area contributed by atoms with Crippen molar-refractivity contribution in [3.63, 3.8) is 0 Å². The van der Waals surface area contributed by atoms with Crippen molar-refractivity contribution in [1.29, 1.82) is 0 Å². The normalized spacial score (nSPS) is 12.3. The van der Waals surface area contributed by atoms with E-state index in [2.05, 4.69) is 10.3 Å². The second-order valence-corrected chi connectivity index (χ2v) is 7.04. The molecule has 1 atom stereocenters. The Kier molecular flexibility index (Phi) is 6.58. The predicted octanol–water partition coefficient (Wildman–Crippen LogP) is -0.160. The molecule has 2 aromatic heterocycles. The van der Waals surface area contributed by atoms with Crippen LogP contribution < -0.4 is 21.3 Å². The molecule has 3 aromatic rings. The maximum atomic E-state index is 12.7. The van der Waals surface area contributed by atoms with Crippen molar-refractivity contribution in [2.75, 3.05) is 25.1 Å². The Morgan fingerprint density at radius 3 is 2.70 bits per heavy atom. The van der Waals surface area contributed by atoms with E-state index < -0.39 is 17.4 Å². The summed E-state index contributed by atoms with van der Waals surface area (Å²) in [5.74, 6) is 0.935. The van der Waals surface area contributed by atoms with E-state index in [1.165, 1.54) is 23.2 Å². The van der Waals surface area contributed by atoms with E-state index in [0.29, 0.717) is 5.75 Å². The number of rotatable bonds is 9. The van der Waals surface area contributed by atoms with Crippen LogP contribution >= 0.6 is 0 Å². The highest BCUT2D eigenvalue weighted by Crippen LogP contribution is 2.17. The van der Waals surface area contributed by atoms with Crippen molar-refractivity contribution in [2.24, 2.45) is 14.1 Å². The number of ether oxygens (including phenoxy) is 1. The molecular formula is C20H27N5O5. The van der Waals surface area contributed by atoms with E-state index in [1.807, 2.05) is 31.2 Å². The highest BCUT2D eigenvalue weighted by atomic mass is 16.5. The Hall–Kier alpha value is -3.11. The Bertz CT molecular complexity index is 1150. The number of aryl methyl sites for hydroxylation is 2. The van der Waals surface area contributed by atoms with E-state index in [-0.39, 0.29) is 43.4 Å². The Labute approximate surface area is 173 Å². The topological polar surface area (TPSA) is 124 Å². The maximum Gasteiger partial charge on any atom is 0.332 e. The third-order valence-corrected chi connectivity index (χ3v) is 4.89. The first kappa shape index (κ1) is 21.6. The van der Waals surface area contributed by atoms with Gasteiger partial charge in [0.05, 0.1) is 13.2 Å². The molecule has 1 aromatic carbocycles. The van der Waals surface area contributed by atoms with Gasteiger partial charge in [-0.15, -0.1) is 0 Å². The second-order valence-electron chi connectivity index (χ2n) is 7.04. The van der Waals surface area contributed by atoms with Crippen LogP contribution in [0.4, 0.5) is 5.95 Å². The van der Waals surface area contributed by atoms with Gasteiger partial charge in [0, 0.05) is 20.6 Å². The van der Waals surface area contributed by atoms with Crippen LogP contribution in [0.2, 0.25) is 0 Å². The number of aromatic nitrogens is 4. The molecule has 0 fully saturated rings. The van der Waals surface area contributed by atoms with E-state index in [9.17, 15) is 14.7 Å². The first-order valence-corrected chi connectivity index (χ1v) is 9.78. The number of anilines is 1. The number of fused-ring (bicyclic) bond motifs is 1.